The summed E-state index contributed by atoms with van der Waals surface area (Å²) >= 11 is 5.91. The van der Waals surface area contributed by atoms with Crippen LogP contribution in [0.4, 0.5) is 10.5 Å². The quantitative estimate of drug-likeness (QED) is 0.929. The van der Waals surface area contributed by atoms with Gasteiger partial charge in [0.25, 0.3) is 0 Å². The van der Waals surface area contributed by atoms with Crippen molar-refractivity contribution in [1.29, 1.82) is 0 Å². The molecule has 1 N–H and O–H groups in total. The third-order valence-electron chi connectivity index (χ3n) is 3.89. The van der Waals surface area contributed by atoms with Gasteiger partial charge in [0.2, 0.25) is 0 Å². The molecule has 0 aliphatic carbocycles. The molecule has 2 amide bonds. The standard InChI is InChI=1S/C15H22ClN3O/c1-3-12(2)18-7-9-19(10-8-18)15(20)17-14-6-4-5-13(16)11-14/h4-6,11-12H,3,7-10H2,1-2H3,(H,17,20). The second-order valence-electron chi connectivity index (χ2n) is 5.22. The molecule has 0 aromatic heterocycles. The minimum Gasteiger partial charge on any atom is -0.322 e. The van der Waals surface area contributed by atoms with Gasteiger partial charge in [-0.1, -0.05) is 24.6 Å². The summed E-state index contributed by atoms with van der Waals surface area (Å²) < 4.78 is 0. The van der Waals surface area contributed by atoms with Crippen molar-refractivity contribution in [2.24, 2.45) is 0 Å². The highest BCUT2D eigenvalue weighted by Crippen LogP contribution is 2.16. The number of benzene rings is 1. The fraction of sp³-hybridized carbons (Fsp3) is 0.533. The molecule has 1 heterocycles. The minimum absolute atomic E-state index is 0.0453. The third kappa shape index (κ3) is 3.87. The number of nitrogens with zero attached hydrogens (tertiary/aromatic N) is 2. The zero-order chi connectivity index (χ0) is 14.5. The molecule has 5 heteroatoms. The van der Waals surface area contributed by atoms with E-state index >= 15 is 0 Å². The predicted octanol–water partition coefficient (Wildman–Crippen LogP) is 3.29. The van der Waals surface area contributed by atoms with Crippen molar-refractivity contribution in [3.05, 3.63) is 29.3 Å². The van der Waals surface area contributed by atoms with E-state index in [9.17, 15) is 4.79 Å². The van der Waals surface area contributed by atoms with E-state index in [0.717, 1.165) is 38.3 Å². The molecule has 2 rings (SSSR count). The Hall–Kier alpha value is -1.26. The summed E-state index contributed by atoms with van der Waals surface area (Å²) in [5, 5.41) is 3.52. The molecular weight excluding hydrogens is 274 g/mol. The van der Waals surface area contributed by atoms with Crippen LogP contribution < -0.4 is 5.32 Å². The summed E-state index contributed by atoms with van der Waals surface area (Å²) in [5.74, 6) is 0. The number of anilines is 1. The molecule has 1 aromatic rings. The van der Waals surface area contributed by atoms with Crippen LogP contribution in [0.3, 0.4) is 0 Å². The molecule has 1 aliphatic heterocycles. The molecule has 0 saturated carbocycles. The maximum atomic E-state index is 12.2. The first kappa shape index (κ1) is 15.1. The lowest BCUT2D eigenvalue weighted by molar-refractivity contribution is 0.117. The van der Waals surface area contributed by atoms with E-state index in [1.807, 2.05) is 17.0 Å². The van der Waals surface area contributed by atoms with Crippen LogP contribution in [-0.4, -0.2) is 48.1 Å². The van der Waals surface area contributed by atoms with E-state index in [4.69, 9.17) is 11.6 Å². The number of urea groups is 1. The molecule has 1 atom stereocenters. The van der Waals surface area contributed by atoms with Gasteiger partial charge in [0.15, 0.2) is 0 Å². The number of halogens is 1. The monoisotopic (exact) mass is 295 g/mol. The normalized spacial score (nSPS) is 17.9. The van der Waals surface area contributed by atoms with Gasteiger partial charge in [0.1, 0.15) is 0 Å². The third-order valence-corrected chi connectivity index (χ3v) is 4.13. The van der Waals surface area contributed by atoms with E-state index < -0.39 is 0 Å². The van der Waals surface area contributed by atoms with Gasteiger partial charge in [-0.25, -0.2) is 4.79 Å². The number of hydrogen-bond acceptors (Lipinski definition) is 2. The number of hydrogen-bond donors (Lipinski definition) is 1. The van der Waals surface area contributed by atoms with Crippen LogP contribution in [0.15, 0.2) is 24.3 Å². The van der Waals surface area contributed by atoms with Crippen molar-refractivity contribution >= 4 is 23.3 Å². The van der Waals surface area contributed by atoms with Crippen molar-refractivity contribution in [2.45, 2.75) is 26.3 Å². The fourth-order valence-corrected chi connectivity index (χ4v) is 2.58. The van der Waals surface area contributed by atoms with Gasteiger partial charge in [-0.05, 0) is 31.5 Å². The van der Waals surface area contributed by atoms with Gasteiger partial charge in [-0.2, -0.15) is 0 Å². The zero-order valence-corrected chi connectivity index (χ0v) is 12.9. The maximum absolute atomic E-state index is 12.2. The molecule has 1 aliphatic rings. The average molecular weight is 296 g/mol. The smallest absolute Gasteiger partial charge is 0.321 e. The first-order valence-corrected chi connectivity index (χ1v) is 7.53. The van der Waals surface area contributed by atoms with Crippen LogP contribution in [0, 0.1) is 0 Å². The van der Waals surface area contributed by atoms with Crippen molar-refractivity contribution in [3.63, 3.8) is 0 Å². The van der Waals surface area contributed by atoms with E-state index in [0.29, 0.717) is 11.1 Å². The van der Waals surface area contributed by atoms with E-state index in [1.165, 1.54) is 0 Å². The molecule has 20 heavy (non-hydrogen) atoms. The van der Waals surface area contributed by atoms with Crippen molar-refractivity contribution in [3.8, 4) is 0 Å². The Kier molecular flexibility index (Phi) is 5.26. The fourth-order valence-electron chi connectivity index (χ4n) is 2.39. The number of nitrogens with one attached hydrogen (secondary N) is 1. The largest absolute Gasteiger partial charge is 0.322 e. The Morgan fingerprint density at radius 1 is 1.35 bits per heavy atom. The van der Waals surface area contributed by atoms with Crippen LogP contribution in [0.5, 0.6) is 0 Å². The van der Waals surface area contributed by atoms with Crippen LogP contribution in [-0.2, 0) is 0 Å². The minimum atomic E-state index is -0.0453. The van der Waals surface area contributed by atoms with Gasteiger partial charge in [0, 0.05) is 42.9 Å². The highest BCUT2D eigenvalue weighted by atomic mass is 35.5. The Labute approximate surface area is 125 Å². The summed E-state index contributed by atoms with van der Waals surface area (Å²) in [6.45, 7) is 7.87. The number of rotatable bonds is 3. The van der Waals surface area contributed by atoms with Gasteiger partial charge in [-0.15, -0.1) is 0 Å². The molecule has 4 nitrogen and oxygen atoms in total. The Balaban J connectivity index is 1.86. The lowest BCUT2D eigenvalue weighted by atomic mass is 10.2. The second kappa shape index (κ2) is 6.95. The first-order valence-electron chi connectivity index (χ1n) is 7.15. The van der Waals surface area contributed by atoms with Gasteiger partial charge >= 0.3 is 6.03 Å². The Bertz CT molecular complexity index is 458. The Morgan fingerprint density at radius 2 is 2.05 bits per heavy atom. The second-order valence-corrected chi connectivity index (χ2v) is 5.66. The van der Waals surface area contributed by atoms with Crippen LogP contribution in [0.1, 0.15) is 20.3 Å². The summed E-state index contributed by atoms with van der Waals surface area (Å²) in [5.41, 5.74) is 0.742. The van der Waals surface area contributed by atoms with Crippen molar-refractivity contribution < 1.29 is 4.79 Å². The van der Waals surface area contributed by atoms with E-state index in [2.05, 4.69) is 24.1 Å². The summed E-state index contributed by atoms with van der Waals surface area (Å²) in [6.07, 6.45) is 1.15. The lowest BCUT2D eigenvalue weighted by Gasteiger charge is -2.37. The number of carbonyl (C=O) groups is 1. The van der Waals surface area contributed by atoms with Crippen molar-refractivity contribution in [1.82, 2.24) is 9.80 Å². The maximum Gasteiger partial charge on any atom is 0.321 e. The Morgan fingerprint density at radius 3 is 2.65 bits per heavy atom. The van der Waals surface area contributed by atoms with Crippen LogP contribution in [0.25, 0.3) is 0 Å². The van der Waals surface area contributed by atoms with Gasteiger partial charge in [0.05, 0.1) is 0 Å². The van der Waals surface area contributed by atoms with E-state index in [-0.39, 0.29) is 6.03 Å². The van der Waals surface area contributed by atoms with E-state index in [1.54, 1.807) is 12.1 Å². The molecule has 1 fully saturated rings. The number of carbonyl (C=O) groups excluding carboxylic acids is 1. The average Bonchev–Trinajstić information content (AvgIpc) is 2.46. The SMILES string of the molecule is CCC(C)N1CCN(C(=O)Nc2cccc(Cl)c2)CC1. The van der Waals surface area contributed by atoms with Crippen LogP contribution in [0.2, 0.25) is 5.02 Å². The summed E-state index contributed by atoms with van der Waals surface area (Å²) in [7, 11) is 0. The molecule has 1 aromatic carbocycles. The summed E-state index contributed by atoms with van der Waals surface area (Å²) in [4.78, 5) is 16.5. The highest BCUT2D eigenvalue weighted by Gasteiger charge is 2.23. The topological polar surface area (TPSA) is 35.6 Å². The first-order chi connectivity index (χ1) is 9.60. The van der Waals surface area contributed by atoms with Gasteiger partial charge in [-0.3, -0.25) is 4.90 Å². The number of amides is 2. The molecule has 0 radical (unpaired) electrons. The van der Waals surface area contributed by atoms with Crippen molar-refractivity contribution in [2.75, 3.05) is 31.5 Å². The van der Waals surface area contributed by atoms with Gasteiger partial charge < -0.3 is 10.2 Å². The molecule has 1 unspecified atom stereocenters. The molecule has 0 spiro atoms. The lowest BCUT2D eigenvalue weighted by Crippen LogP contribution is -2.52. The molecule has 110 valence electrons. The highest BCUT2D eigenvalue weighted by molar-refractivity contribution is 6.30. The molecule has 1 saturated heterocycles. The summed E-state index contributed by atoms with van der Waals surface area (Å²) in [6, 6.07) is 7.78. The zero-order valence-electron chi connectivity index (χ0n) is 12.1. The molecular formula is C15H22ClN3O. The molecule has 0 bridgehead atoms. The van der Waals surface area contributed by atoms with Crippen LogP contribution >= 0.6 is 11.6 Å². The predicted molar refractivity (Wildman–Crippen MR) is 83.4 cm³/mol. The number of piperazine rings is 1.